The van der Waals surface area contributed by atoms with Crippen LogP contribution in [0.1, 0.15) is 32.1 Å². The summed E-state index contributed by atoms with van der Waals surface area (Å²) < 4.78 is 27.8. The summed E-state index contributed by atoms with van der Waals surface area (Å²) in [6.07, 6.45) is 2.94. The lowest BCUT2D eigenvalue weighted by atomic mass is 10.1. The van der Waals surface area contributed by atoms with E-state index >= 15 is 0 Å². The molecule has 0 bridgehead atoms. The Bertz CT molecular complexity index is 515. The predicted octanol–water partition coefficient (Wildman–Crippen LogP) is 1.64. The third-order valence-corrected chi connectivity index (χ3v) is 3.83. The minimum Gasteiger partial charge on any atom is -0.468 e. The molecule has 0 radical (unpaired) electrons. The Morgan fingerprint density at radius 2 is 2.00 bits per heavy atom. The fourth-order valence-corrected chi connectivity index (χ4v) is 2.34. The van der Waals surface area contributed by atoms with Crippen molar-refractivity contribution in [1.82, 2.24) is 10.2 Å². The van der Waals surface area contributed by atoms with Crippen LogP contribution in [0.15, 0.2) is 16.7 Å². The van der Waals surface area contributed by atoms with Crippen LogP contribution in [0.5, 0.6) is 0 Å². The Kier molecular flexibility index (Phi) is 5.79. The summed E-state index contributed by atoms with van der Waals surface area (Å²) in [6, 6.07) is 1.94. The molecule has 0 spiro atoms. The van der Waals surface area contributed by atoms with Crippen LogP contribution in [0.4, 0.5) is 0 Å². The fourth-order valence-electron chi connectivity index (χ4n) is 1.70. The fraction of sp³-hybridized carbons (Fsp3) is 0.714. The summed E-state index contributed by atoms with van der Waals surface area (Å²) in [4.78, 5) is 1.99. The Labute approximate surface area is 122 Å². The average Bonchev–Trinajstić information content (AvgIpc) is 2.69. The third-order valence-electron chi connectivity index (χ3n) is 2.90. The molecule has 0 unspecified atom stereocenters. The molecule has 0 aliphatic rings. The van der Waals surface area contributed by atoms with E-state index in [0.29, 0.717) is 19.6 Å². The van der Waals surface area contributed by atoms with Crippen LogP contribution in [0.2, 0.25) is 0 Å². The average molecular weight is 302 g/mol. The summed E-state index contributed by atoms with van der Waals surface area (Å²) in [5.74, 6) is 1.09. The van der Waals surface area contributed by atoms with Crippen molar-refractivity contribution in [2.45, 2.75) is 39.4 Å². The molecule has 0 saturated carbocycles. The summed E-state index contributed by atoms with van der Waals surface area (Å²) in [6.45, 7) is 8.20. The normalized spacial score (nSPS) is 13.1. The van der Waals surface area contributed by atoms with Crippen LogP contribution in [0.25, 0.3) is 0 Å². The molecule has 0 aromatic carbocycles. The molecule has 1 heterocycles. The largest absolute Gasteiger partial charge is 0.468 e. The van der Waals surface area contributed by atoms with E-state index in [0.717, 1.165) is 11.3 Å². The van der Waals surface area contributed by atoms with Crippen molar-refractivity contribution >= 4 is 9.84 Å². The molecular weight excluding hydrogens is 276 g/mol. The van der Waals surface area contributed by atoms with Crippen molar-refractivity contribution < 1.29 is 12.8 Å². The Hall–Kier alpha value is -0.850. The van der Waals surface area contributed by atoms with Crippen molar-refractivity contribution in [3.8, 4) is 0 Å². The van der Waals surface area contributed by atoms with Gasteiger partial charge in [-0.3, -0.25) is 0 Å². The third kappa shape index (κ3) is 7.07. The second-order valence-corrected chi connectivity index (χ2v) is 8.60. The van der Waals surface area contributed by atoms with Gasteiger partial charge in [-0.25, -0.2) is 8.42 Å². The second-order valence-electron chi connectivity index (χ2n) is 6.34. The summed E-state index contributed by atoms with van der Waals surface area (Å²) in [5.41, 5.74) is 1.13. The lowest BCUT2D eigenvalue weighted by Gasteiger charge is -2.21. The standard InChI is InChI=1S/C14H26N2O3S/c1-14(2,3)15-10-13-12(6-8-19-13)11-16(4)7-9-20(5,17)18/h6,8,15H,7,9-11H2,1-5H3. The maximum absolute atomic E-state index is 11.2. The van der Waals surface area contributed by atoms with Gasteiger partial charge in [0.25, 0.3) is 0 Å². The van der Waals surface area contributed by atoms with E-state index in [-0.39, 0.29) is 11.3 Å². The van der Waals surface area contributed by atoms with Crippen molar-refractivity contribution in [1.29, 1.82) is 0 Å². The topological polar surface area (TPSA) is 62.6 Å². The molecule has 6 heteroatoms. The van der Waals surface area contributed by atoms with E-state index in [1.54, 1.807) is 6.26 Å². The summed E-state index contributed by atoms with van der Waals surface area (Å²) in [7, 11) is -0.999. The van der Waals surface area contributed by atoms with E-state index in [1.807, 2.05) is 18.0 Å². The first kappa shape index (κ1) is 17.2. The van der Waals surface area contributed by atoms with Gasteiger partial charge in [0, 0.05) is 30.4 Å². The van der Waals surface area contributed by atoms with Gasteiger partial charge in [0.2, 0.25) is 0 Å². The minimum absolute atomic E-state index is 0.0340. The second kappa shape index (κ2) is 6.74. The number of rotatable bonds is 7. The van der Waals surface area contributed by atoms with Gasteiger partial charge in [-0.05, 0) is 33.9 Å². The van der Waals surface area contributed by atoms with Gasteiger partial charge in [0.05, 0.1) is 18.6 Å². The summed E-state index contributed by atoms with van der Waals surface area (Å²) >= 11 is 0. The first-order chi connectivity index (χ1) is 9.07. The van der Waals surface area contributed by atoms with Crippen molar-refractivity contribution in [3.63, 3.8) is 0 Å². The quantitative estimate of drug-likeness (QED) is 0.829. The zero-order chi connectivity index (χ0) is 15.4. The Balaban J connectivity index is 2.54. The molecule has 1 rings (SSSR count). The maximum atomic E-state index is 11.2. The molecule has 0 amide bonds. The van der Waals surface area contributed by atoms with Gasteiger partial charge in [-0.1, -0.05) is 0 Å². The van der Waals surface area contributed by atoms with Gasteiger partial charge in [0.15, 0.2) is 0 Å². The van der Waals surface area contributed by atoms with E-state index in [2.05, 4.69) is 26.1 Å². The lowest BCUT2D eigenvalue weighted by Crippen LogP contribution is -2.35. The SMILES string of the molecule is CN(CCS(C)(=O)=O)Cc1ccoc1CNC(C)(C)C. The van der Waals surface area contributed by atoms with Crippen molar-refractivity contribution in [2.24, 2.45) is 0 Å². The first-order valence-corrected chi connectivity index (χ1v) is 8.79. The lowest BCUT2D eigenvalue weighted by molar-refractivity contribution is 0.336. The molecular formula is C14H26N2O3S. The molecule has 0 fully saturated rings. The number of furan rings is 1. The van der Waals surface area contributed by atoms with E-state index < -0.39 is 9.84 Å². The Morgan fingerprint density at radius 1 is 1.35 bits per heavy atom. The number of nitrogens with one attached hydrogen (secondary N) is 1. The molecule has 1 aromatic heterocycles. The predicted molar refractivity (Wildman–Crippen MR) is 81.3 cm³/mol. The molecule has 1 aromatic rings. The van der Waals surface area contributed by atoms with E-state index in [9.17, 15) is 8.42 Å². The zero-order valence-electron chi connectivity index (χ0n) is 13.1. The molecule has 0 saturated heterocycles. The molecule has 116 valence electrons. The highest BCUT2D eigenvalue weighted by molar-refractivity contribution is 7.90. The minimum atomic E-state index is -2.92. The maximum Gasteiger partial charge on any atom is 0.148 e. The van der Waals surface area contributed by atoms with Crippen LogP contribution >= 0.6 is 0 Å². The van der Waals surface area contributed by atoms with Crippen LogP contribution in [0.3, 0.4) is 0 Å². The molecule has 0 aliphatic carbocycles. The molecule has 5 nitrogen and oxygen atoms in total. The highest BCUT2D eigenvalue weighted by atomic mass is 32.2. The van der Waals surface area contributed by atoms with Crippen LogP contribution in [0, 0.1) is 0 Å². The number of nitrogens with zero attached hydrogens (tertiary/aromatic N) is 1. The highest BCUT2D eigenvalue weighted by Gasteiger charge is 2.14. The molecule has 1 N–H and O–H groups in total. The molecule has 0 aliphatic heterocycles. The first-order valence-electron chi connectivity index (χ1n) is 6.73. The van der Waals surface area contributed by atoms with Crippen LogP contribution in [-0.4, -0.2) is 44.5 Å². The number of sulfone groups is 1. The monoisotopic (exact) mass is 302 g/mol. The van der Waals surface area contributed by atoms with Crippen molar-refractivity contribution in [3.05, 3.63) is 23.7 Å². The number of hydrogen-bond acceptors (Lipinski definition) is 5. The Morgan fingerprint density at radius 3 is 2.55 bits per heavy atom. The van der Waals surface area contributed by atoms with Gasteiger partial charge in [-0.15, -0.1) is 0 Å². The van der Waals surface area contributed by atoms with Gasteiger partial charge in [0.1, 0.15) is 15.6 Å². The molecule has 20 heavy (non-hydrogen) atoms. The van der Waals surface area contributed by atoms with E-state index in [1.165, 1.54) is 6.26 Å². The van der Waals surface area contributed by atoms with Crippen molar-refractivity contribution in [2.75, 3.05) is 25.6 Å². The number of hydrogen-bond donors (Lipinski definition) is 1. The van der Waals surface area contributed by atoms with Gasteiger partial charge < -0.3 is 14.6 Å². The zero-order valence-corrected chi connectivity index (χ0v) is 13.9. The summed E-state index contributed by atoms with van der Waals surface area (Å²) in [5, 5.41) is 3.39. The van der Waals surface area contributed by atoms with Crippen LogP contribution in [-0.2, 0) is 22.9 Å². The van der Waals surface area contributed by atoms with Crippen LogP contribution < -0.4 is 5.32 Å². The molecule has 0 atom stereocenters. The van der Waals surface area contributed by atoms with Gasteiger partial charge in [-0.2, -0.15) is 0 Å². The highest BCUT2D eigenvalue weighted by Crippen LogP contribution is 2.14. The van der Waals surface area contributed by atoms with E-state index in [4.69, 9.17) is 4.42 Å². The smallest absolute Gasteiger partial charge is 0.148 e. The van der Waals surface area contributed by atoms with Gasteiger partial charge >= 0.3 is 0 Å².